The van der Waals surface area contributed by atoms with Gasteiger partial charge in [0.25, 0.3) is 5.91 Å². The van der Waals surface area contributed by atoms with Gasteiger partial charge in [0.1, 0.15) is 5.69 Å². The van der Waals surface area contributed by atoms with Gasteiger partial charge in [-0.3, -0.25) is 9.78 Å². The summed E-state index contributed by atoms with van der Waals surface area (Å²) >= 11 is 0. The zero-order chi connectivity index (χ0) is 18.0. The average molecular weight is 335 g/mol. The maximum absolute atomic E-state index is 12.7. The van der Waals surface area contributed by atoms with E-state index in [1.54, 1.807) is 24.2 Å². The SMILES string of the molecule is CC(C)c1cc(C(=O)N(C)Cc2cnc3ccccc3c2)nc(N)n1. The summed E-state index contributed by atoms with van der Waals surface area (Å²) in [5.74, 6) is 0.103. The highest BCUT2D eigenvalue weighted by Crippen LogP contribution is 2.17. The van der Waals surface area contributed by atoms with E-state index in [0.717, 1.165) is 22.2 Å². The number of hydrogen-bond acceptors (Lipinski definition) is 5. The lowest BCUT2D eigenvalue weighted by Crippen LogP contribution is -2.27. The molecule has 2 aromatic heterocycles. The van der Waals surface area contributed by atoms with Gasteiger partial charge in [0, 0.05) is 30.9 Å². The van der Waals surface area contributed by atoms with Crippen LogP contribution >= 0.6 is 0 Å². The van der Waals surface area contributed by atoms with Crippen molar-refractivity contribution >= 4 is 22.8 Å². The third kappa shape index (κ3) is 3.74. The highest BCUT2D eigenvalue weighted by molar-refractivity contribution is 5.92. The lowest BCUT2D eigenvalue weighted by atomic mass is 10.1. The lowest BCUT2D eigenvalue weighted by molar-refractivity contribution is 0.0779. The number of para-hydroxylation sites is 1. The van der Waals surface area contributed by atoms with Crippen LogP contribution in [0.3, 0.4) is 0 Å². The molecule has 0 spiro atoms. The molecule has 0 aliphatic heterocycles. The summed E-state index contributed by atoms with van der Waals surface area (Å²) in [4.78, 5) is 27.0. The topological polar surface area (TPSA) is 85.0 Å². The van der Waals surface area contributed by atoms with E-state index >= 15 is 0 Å². The average Bonchev–Trinajstić information content (AvgIpc) is 2.60. The molecule has 0 unspecified atom stereocenters. The summed E-state index contributed by atoms with van der Waals surface area (Å²) in [6, 6.07) is 11.6. The molecule has 6 nitrogen and oxygen atoms in total. The van der Waals surface area contributed by atoms with E-state index in [1.807, 2.05) is 44.2 Å². The highest BCUT2D eigenvalue weighted by Gasteiger charge is 2.17. The van der Waals surface area contributed by atoms with Crippen molar-refractivity contribution in [2.45, 2.75) is 26.3 Å². The van der Waals surface area contributed by atoms with Gasteiger partial charge < -0.3 is 10.6 Å². The van der Waals surface area contributed by atoms with Crippen LogP contribution in [0.25, 0.3) is 10.9 Å². The molecule has 0 saturated heterocycles. The van der Waals surface area contributed by atoms with E-state index in [1.165, 1.54) is 0 Å². The Hall–Kier alpha value is -3.02. The number of nitrogens with zero attached hydrogens (tertiary/aromatic N) is 4. The van der Waals surface area contributed by atoms with Crippen LogP contribution in [0.5, 0.6) is 0 Å². The minimum Gasteiger partial charge on any atom is -0.368 e. The molecule has 2 N–H and O–H groups in total. The fourth-order valence-corrected chi connectivity index (χ4v) is 2.63. The monoisotopic (exact) mass is 335 g/mol. The van der Waals surface area contributed by atoms with Gasteiger partial charge in [0.2, 0.25) is 5.95 Å². The van der Waals surface area contributed by atoms with E-state index in [9.17, 15) is 4.79 Å². The van der Waals surface area contributed by atoms with Crippen LogP contribution in [0.4, 0.5) is 5.95 Å². The minimum atomic E-state index is -0.191. The van der Waals surface area contributed by atoms with Gasteiger partial charge in [-0.1, -0.05) is 32.0 Å². The molecular weight excluding hydrogens is 314 g/mol. The van der Waals surface area contributed by atoms with Gasteiger partial charge in [-0.15, -0.1) is 0 Å². The van der Waals surface area contributed by atoms with Crippen molar-refractivity contribution in [3.63, 3.8) is 0 Å². The molecule has 0 fully saturated rings. The Morgan fingerprint density at radius 3 is 2.72 bits per heavy atom. The number of anilines is 1. The molecule has 1 amide bonds. The first-order valence-corrected chi connectivity index (χ1v) is 8.17. The number of aromatic nitrogens is 3. The molecule has 25 heavy (non-hydrogen) atoms. The number of nitrogens with two attached hydrogens (primary N) is 1. The van der Waals surface area contributed by atoms with Crippen molar-refractivity contribution in [3.05, 3.63) is 59.5 Å². The Morgan fingerprint density at radius 2 is 1.96 bits per heavy atom. The number of carbonyl (C=O) groups excluding carboxylic acids is 1. The minimum absolute atomic E-state index is 0.121. The fraction of sp³-hybridized carbons (Fsp3) is 0.263. The van der Waals surface area contributed by atoms with Crippen LogP contribution in [-0.4, -0.2) is 32.8 Å². The molecule has 0 aliphatic rings. The summed E-state index contributed by atoms with van der Waals surface area (Å²) in [7, 11) is 1.74. The van der Waals surface area contributed by atoms with Gasteiger partial charge >= 0.3 is 0 Å². The van der Waals surface area contributed by atoms with E-state index in [4.69, 9.17) is 5.73 Å². The van der Waals surface area contributed by atoms with Crippen molar-refractivity contribution in [2.24, 2.45) is 0 Å². The Balaban J connectivity index is 1.82. The lowest BCUT2D eigenvalue weighted by Gasteiger charge is -2.18. The molecule has 0 radical (unpaired) electrons. The molecule has 0 aliphatic carbocycles. The summed E-state index contributed by atoms with van der Waals surface area (Å²) in [6.45, 7) is 4.44. The van der Waals surface area contributed by atoms with E-state index in [0.29, 0.717) is 12.2 Å². The first-order chi connectivity index (χ1) is 11.9. The van der Waals surface area contributed by atoms with Crippen molar-refractivity contribution in [3.8, 4) is 0 Å². The second-order valence-electron chi connectivity index (χ2n) is 6.39. The number of amides is 1. The Morgan fingerprint density at radius 1 is 1.20 bits per heavy atom. The maximum Gasteiger partial charge on any atom is 0.272 e. The Bertz CT molecular complexity index is 923. The molecular formula is C19H21N5O. The van der Waals surface area contributed by atoms with Crippen LogP contribution in [-0.2, 0) is 6.54 Å². The number of fused-ring (bicyclic) bond motifs is 1. The van der Waals surface area contributed by atoms with Crippen LogP contribution in [0.1, 0.15) is 41.5 Å². The van der Waals surface area contributed by atoms with Gasteiger partial charge in [-0.2, -0.15) is 0 Å². The zero-order valence-electron chi connectivity index (χ0n) is 14.6. The summed E-state index contributed by atoms with van der Waals surface area (Å²) < 4.78 is 0. The van der Waals surface area contributed by atoms with Crippen LogP contribution in [0, 0.1) is 0 Å². The van der Waals surface area contributed by atoms with Crippen LogP contribution in [0.15, 0.2) is 42.6 Å². The van der Waals surface area contributed by atoms with Gasteiger partial charge in [-0.05, 0) is 29.7 Å². The number of hydrogen-bond donors (Lipinski definition) is 1. The summed E-state index contributed by atoms with van der Waals surface area (Å²) in [5, 5.41) is 1.05. The second-order valence-corrected chi connectivity index (χ2v) is 6.39. The van der Waals surface area contributed by atoms with Gasteiger partial charge in [-0.25, -0.2) is 9.97 Å². The maximum atomic E-state index is 12.7. The molecule has 3 aromatic rings. The first-order valence-electron chi connectivity index (χ1n) is 8.17. The number of pyridine rings is 1. The normalized spacial score (nSPS) is 11.0. The van der Waals surface area contributed by atoms with Gasteiger partial charge in [0.15, 0.2) is 0 Å². The van der Waals surface area contributed by atoms with Crippen molar-refractivity contribution in [2.75, 3.05) is 12.8 Å². The van der Waals surface area contributed by atoms with Crippen LogP contribution in [0.2, 0.25) is 0 Å². The third-order valence-electron chi connectivity index (χ3n) is 3.99. The fourth-order valence-electron chi connectivity index (χ4n) is 2.63. The number of benzene rings is 1. The zero-order valence-corrected chi connectivity index (χ0v) is 14.6. The molecule has 2 heterocycles. The van der Waals surface area contributed by atoms with E-state index in [-0.39, 0.29) is 17.8 Å². The molecule has 0 atom stereocenters. The second kappa shape index (κ2) is 6.84. The standard InChI is InChI=1S/C19H21N5O/c1-12(2)16-9-17(23-19(20)22-16)18(25)24(3)11-13-8-14-6-4-5-7-15(14)21-10-13/h4-10,12H,11H2,1-3H3,(H2,20,22,23). The smallest absolute Gasteiger partial charge is 0.272 e. The number of nitrogen functional groups attached to an aromatic ring is 1. The largest absolute Gasteiger partial charge is 0.368 e. The predicted octanol–water partition coefficient (Wildman–Crippen LogP) is 3.00. The molecule has 6 heteroatoms. The number of rotatable bonds is 4. The van der Waals surface area contributed by atoms with Crippen LogP contribution < -0.4 is 5.73 Å². The quantitative estimate of drug-likeness (QED) is 0.792. The summed E-state index contributed by atoms with van der Waals surface area (Å²) in [6.07, 6.45) is 1.79. The van der Waals surface area contributed by atoms with E-state index < -0.39 is 0 Å². The molecule has 3 rings (SSSR count). The Kier molecular flexibility index (Phi) is 4.61. The van der Waals surface area contributed by atoms with Crippen molar-refractivity contribution in [1.82, 2.24) is 19.9 Å². The van der Waals surface area contributed by atoms with E-state index in [2.05, 4.69) is 15.0 Å². The molecule has 128 valence electrons. The highest BCUT2D eigenvalue weighted by atomic mass is 16.2. The third-order valence-corrected chi connectivity index (χ3v) is 3.99. The Labute approximate surface area is 146 Å². The molecule has 1 aromatic carbocycles. The predicted molar refractivity (Wildman–Crippen MR) is 98.1 cm³/mol. The van der Waals surface area contributed by atoms with Crippen molar-refractivity contribution < 1.29 is 4.79 Å². The number of carbonyl (C=O) groups is 1. The van der Waals surface area contributed by atoms with Crippen molar-refractivity contribution in [1.29, 1.82) is 0 Å². The summed E-state index contributed by atoms with van der Waals surface area (Å²) in [5.41, 5.74) is 8.71. The molecule has 0 saturated carbocycles. The first kappa shape index (κ1) is 16.8. The molecule has 0 bridgehead atoms. The van der Waals surface area contributed by atoms with Gasteiger partial charge in [0.05, 0.1) is 5.52 Å².